The summed E-state index contributed by atoms with van der Waals surface area (Å²) in [6, 6.07) is 93.5. The van der Waals surface area contributed by atoms with Gasteiger partial charge in [0, 0.05) is 0 Å². The number of hydrogen-bond acceptors (Lipinski definition) is 0. The first-order valence-electron chi connectivity index (χ1n) is 22.2. The van der Waals surface area contributed by atoms with E-state index in [1.807, 2.05) is 0 Å². The van der Waals surface area contributed by atoms with E-state index in [9.17, 15) is 0 Å². The molecule has 0 amide bonds. The van der Waals surface area contributed by atoms with Crippen molar-refractivity contribution in [2.45, 2.75) is 0 Å². The van der Waals surface area contributed by atoms with Crippen LogP contribution in [0.3, 0.4) is 0 Å². The second kappa shape index (κ2) is 15.9. The van der Waals surface area contributed by atoms with Gasteiger partial charge in [-0.2, -0.15) is 0 Å². The fraction of sp³-hybridized carbons (Fsp3) is 0. The van der Waals surface area contributed by atoms with Crippen molar-refractivity contribution >= 4 is 43.1 Å². The van der Waals surface area contributed by atoms with Gasteiger partial charge in [-0.15, -0.1) is 0 Å². The van der Waals surface area contributed by atoms with Crippen LogP contribution < -0.4 is 0 Å². The zero-order chi connectivity index (χ0) is 42.4. The number of benzene rings is 12. The van der Waals surface area contributed by atoms with E-state index in [0.29, 0.717) is 0 Å². The Hall–Kier alpha value is -8.32. The van der Waals surface area contributed by atoms with Crippen LogP contribution in [-0.2, 0) is 0 Å². The van der Waals surface area contributed by atoms with Gasteiger partial charge in [0.15, 0.2) is 0 Å². The van der Waals surface area contributed by atoms with Crippen LogP contribution in [0, 0.1) is 0 Å². The molecule has 0 nitrogen and oxygen atoms in total. The van der Waals surface area contributed by atoms with Gasteiger partial charge in [0.25, 0.3) is 0 Å². The average molecular weight is 811 g/mol. The largest absolute Gasteiger partial charge is 0.0616 e. The number of rotatable bonds is 7. The summed E-state index contributed by atoms with van der Waals surface area (Å²) in [7, 11) is 0. The van der Waals surface area contributed by atoms with E-state index in [0.717, 1.165) is 0 Å². The zero-order valence-corrected chi connectivity index (χ0v) is 35.2. The summed E-state index contributed by atoms with van der Waals surface area (Å²) in [6.07, 6.45) is 0. The number of fused-ring (bicyclic) bond motifs is 4. The van der Waals surface area contributed by atoms with Crippen LogP contribution in [0.5, 0.6) is 0 Å². The standard InChI is InChI=1S/C64H42/c1-3-29-53-43(17-1)19-15-37-55(53)49-25-12-23-47(40-49)45-21-11-22-46(39-45)48-24-13-28-52(41-48)63-59-33-7-9-35-61(59)64(62-36-10-8-34-60(62)63)58-32-6-5-31-57(58)51-27-14-26-50(42-51)56-38-16-20-44-18-2-4-30-54(44)56/h1-42H. The molecule has 298 valence electrons. The van der Waals surface area contributed by atoms with E-state index >= 15 is 0 Å². The molecule has 0 aromatic heterocycles. The Morgan fingerprint density at radius 1 is 0.156 bits per heavy atom. The Morgan fingerprint density at radius 3 is 0.938 bits per heavy atom. The summed E-state index contributed by atoms with van der Waals surface area (Å²) in [5, 5.41) is 10.0. The van der Waals surface area contributed by atoms with Gasteiger partial charge >= 0.3 is 0 Å². The third-order valence-corrected chi connectivity index (χ3v) is 13.0. The fourth-order valence-electron chi connectivity index (χ4n) is 10.1. The van der Waals surface area contributed by atoms with Crippen molar-refractivity contribution in [2.24, 2.45) is 0 Å². The molecule has 0 aliphatic rings. The first-order valence-corrected chi connectivity index (χ1v) is 22.2. The highest BCUT2D eigenvalue weighted by Crippen LogP contribution is 2.47. The lowest BCUT2D eigenvalue weighted by molar-refractivity contribution is 1.58. The van der Waals surface area contributed by atoms with Crippen molar-refractivity contribution in [1.82, 2.24) is 0 Å². The Balaban J connectivity index is 0.967. The van der Waals surface area contributed by atoms with Gasteiger partial charge < -0.3 is 0 Å². The summed E-state index contributed by atoms with van der Waals surface area (Å²) >= 11 is 0. The van der Waals surface area contributed by atoms with Crippen molar-refractivity contribution in [3.05, 3.63) is 255 Å². The van der Waals surface area contributed by atoms with Gasteiger partial charge in [0.2, 0.25) is 0 Å². The lowest BCUT2D eigenvalue weighted by atomic mass is 9.83. The summed E-state index contributed by atoms with van der Waals surface area (Å²) in [6.45, 7) is 0. The van der Waals surface area contributed by atoms with Crippen LogP contribution in [-0.4, -0.2) is 0 Å². The Bertz CT molecular complexity index is 3670. The highest BCUT2D eigenvalue weighted by atomic mass is 14.2. The molecule has 0 aliphatic heterocycles. The molecule has 0 saturated heterocycles. The second-order valence-corrected chi connectivity index (χ2v) is 16.8. The van der Waals surface area contributed by atoms with Gasteiger partial charge in [-0.1, -0.05) is 231 Å². The quantitative estimate of drug-likeness (QED) is 0.141. The van der Waals surface area contributed by atoms with Crippen LogP contribution in [0.2, 0.25) is 0 Å². The second-order valence-electron chi connectivity index (χ2n) is 16.8. The topological polar surface area (TPSA) is 0 Å². The SMILES string of the molecule is c1cc(-c2cccc(-c3cccc4ccccc34)c2)cc(-c2cccc(-c3c4ccccc4c(-c4ccccc4-c4cccc(-c5cccc6ccccc56)c4)c4ccccc34)c2)c1. The summed E-state index contributed by atoms with van der Waals surface area (Å²) in [5.41, 5.74) is 17.1. The van der Waals surface area contributed by atoms with E-state index in [-0.39, 0.29) is 0 Å². The summed E-state index contributed by atoms with van der Waals surface area (Å²) < 4.78 is 0. The van der Waals surface area contributed by atoms with Crippen molar-refractivity contribution in [3.8, 4) is 77.9 Å². The Morgan fingerprint density at radius 2 is 0.438 bits per heavy atom. The van der Waals surface area contributed by atoms with Crippen LogP contribution in [0.4, 0.5) is 0 Å². The molecule has 0 fully saturated rings. The van der Waals surface area contributed by atoms with E-state index in [1.165, 1.54) is 121 Å². The van der Waals surface area contributed by atoms with Crippen molar-refractivity contribution in [3.63, 3.8) is 0 Å². The predicted octanol–water partition coefficient (Wildman–Crippen LogP) is 18.0. The molecule has 0 saturated carbocycles. The minimum Gasteiger partial charge on any atom is -0.0616 e. The van der Waals surface area contributed by atoms with E-state index in [2.05, 4.69) is 255 Å². The van der Waals surface area contributed by atoms with Gasteiger partial charge in [-0.3, -0.25) is 0 Å². The van der Waals surface area contributed by atoms with Gasteiger partial charge in [0.1, 0.15) is 0 Å². The average Bonchev–Trinajstić information content (AvgIpc) is 3.37. The third kappa shape index (κ3) is 6.56. The molecular formula is C64H42. The first kappa shape index (κ1) is 37.4. The molecule has 0 bridgehead atoms. The van der Waals surface area contributed by atoms with E-state index < -0.39 is 0 Å². The third-order valence-electron chi connectivity index (χ3n) is 13.0. The monoisotopic (exact) mass is 810 g/mol. The highest BCUT2D eigenvalue weighted by molar-refractivity contribution is 6.22. The molecule has 12 aromatic rings. The normalized spacial score (nSPS) is 11.4. The molecule has 64 heavy (non-hydrogen) atoms. The van der Waals surface area contributed by atoms with Crippen LogP contribution in [0.1, 0.15) is 0 Å². The molecule has 0 aliphatic carbocycles. The lowest BCUT2D eigenvalue weighted by Gasteiger charge is -2.20. The van der Waals surface area contributed by atoms with Crippen LogP contribution in [0.15, 0.2) is 255 Å². The van der Waals surface area contributed by atoms with Crippen molar-refractivity contribution in [2.75, 3.05) is 0 Å². The molecule has 0 unspecified atom stereocenters. The molecule has 12 rings (SSSR count). The molecule has 0 spiro atoms. The summed E-state index contributed by atoms with van der Waals surface area (Å²) in [5.74, 6) is 0. The molecule has 0 radical (unpaired) electrons. The highest BCUT2D eigenvalue weighted by Gasteiger charge is 2.20. The molecular weight excluding hydrogens is 769 g/mol. The van der Waals surface area contributed by atoms with Gasteiger partial charge in [-0.25, -0.2) is 0 Å². The van der Waals surface area contributed by atoms with E-state index in [4.69, 9.17) is 0 Å². The minimum absolute atomic E-state index is 1.19. The molecule has 12 aromatic carbocycles. The van der Waals surface area contributed by atoms with Crippen molar-refractivity contribution in [1.29, 1.82) is 0 Å². The minimum atomic E-state index is 1.19. The lowest BCUT2D eigenvalue weighted by Crippen LogP contribution is -1.93. The Kier molecular flexibility index (Phi) is 9.28. The van der Waals surface area contributed by atoms with E-state index in [1.54, 1.807) is 0 Å². The molecule has 0 heterocycles. The van der Waals surface area contributed by atoms with Gasteiger partial charge in [0.05, 0.1) is 0 Å². The van der Waals surface area contributed by atoms with Gasteiger partial charge in [-0.05, 0) is 145 Å². The summed E-state index contributed by atoms with van der Waals surface area (Å²) in [4.78, 5) is 0. The maximum Gasteiger partial charge on any atom is -0.00201 e. The van der Waals surface area contributed by atoms with Crippen molar-refractivity contribution < 1.29 is 0 Å². The zero-order valence-electron chi connectivity index (χ0n) is 35.2. The smallest absolute Gasteiger partial charge is 0.00201 e. The fourth-order valence-corrected chi connectivity index (χ4v) is 10.1. The Labute approximate surface area is 374 Å². The van der Waals surface area contributed by atoms with Crippen LogP contribution in [0.25, 0.3) is 121 Å². The predicted molar refractivity (Wildman–Crippen MR) is 275 cm³/mol. The first-order chi connectivity index (χ1) is 31.7. The molecule has 0 heteroatoms. The molecule has 0 atom stereocenters. The maximum absolute atomic E-state index is 2.38. The number of hydrogen-bond donors (Lipinski definition) is 0. The van der Waals surface area contributed by atoms with Crippen LogP contribution >= 0.6 is 0 Å². The molecule has 0 N–H and O–H groups in total. The maximum atomic E-state index is 2.38.